The van der Waals surface area contributed by atoms with Gasteiger partial charge >= 0.3 is 0 Å². The maximum atomic E-state index is 11.9. The zero-order valence-corrected chi connectivity index (χ0v) is 12.0. The lowest BCUT2D eigenvalue weighted by Gasteiger charge is -2.21. The fourth-order valence-corrected chi connectivity index (χ4v) is 2.98. The second kappa shape index (κ2) is 4.49. The summed E-state index contributed by atoms with van der Waals surface area (Å²) in [5, 5.41) is 3.51. The highest BCUT2D eigenvalue weighted by Crippen LogP contribution is 2.30. The van der Waals surface area contributed by atoms with E-state index >= 15 is 0 Å². The quantitative estimate of drug-likeness (QED) is 0.821. The molecule has 98 valence electrons. The normalized spacial score (nSPS) is 19.8. The minimum absolute atomic E-state index is 0.178. The molecule has 0 radical (unpaired) electrons. The van der Waals surface area contributed by atoms with Gasteiger partial charge in [0.2, 0.25) is 11.8 Å². The molecule has 3 rings (SSSR count). The van der Waals surface area contributed by atoms with Crippen molar-refractivity contribution >= 4 is 38.6 Å². The molecule has 2 aromatic rings. The Kier molecular flexibility index (Phi) is 2.93. The summed E-state index contributed by atoms with van der Waals surface area (Å²) in [6, 6.07) is 8.07. The van der Waals surface area contributed by atoms with Crippen molar-refractivity contribution < 1.29 is 9.59 Å². The monoisotopic (exact) mass is 320 g/mol. The van der Waals surface area contributed by atoms with Crippen LogP contribution in [-0.4, -0.2) is 16.4 Å². The summed E-state index contributed by atoms with van der Waals surface area (Å²) in [4.78, 5) is 23.2. The highest BCUT2D eigenvalue weighted by molar-refractivity contribution is 9.10. The number of hydrogen-bond donors (Lipinski definition) is 1. The number of benzene rings is 1. The van der Waals surface area contributed by atoms with E-state index in [0.29, 0.717) is 12.8 Å². The van der Waals surface area contributed by atoms with Gasteiger partial charge in [0.15, 0.2) is 0 Å². The van der Waals surface area contributed by atoms with E-state index in [4.69, 9.17) is 0 Å². The smallest absolute Gasteiger partial charge is 0.235 e. The van der Waals surface area contributed by atoms with Crippen LogP contribution in [0.2, 0.25) is 0 Å². The molecule has 4 nitrogen and oxygen atoms in total. The van der Waals surface area contributed by atoms with E-state index in [1.807, 2.05) is 35.9 Å². The van der Waals surface area contributed by atoms with Gasteiger partial charge in [-0.05, 0) is 30.0 Å². The van der Waals surface area contributed by atoms with E-state index < -0.39 is 0 Å². The van der Waals surface area contributed by atoms with Gasteiger partial charge in [0.25, 0.3) is 0 Å². The van der Waals surface area contributed by atoms with Gasteiger partial charge in [-0.25, -0.2) is 0 Å². The fraction of sp³-hybridized carbons (Fsp3) is 0.286. The van der Waals surface area contributed by atoms with E-state index in [0.717, 1.165) is 21.1 Å². The van der Waals surface area contributed by atoms with Crippen molar-refractivity contribution in [2.24, 2.45) is 7.05 Å². The average Bonchev–Trinajstić information content (AvgIpc) is 2.67. The van der Waals surface area contributed by atoms with Crippen LogP contribution in [0.3, 0.4) is 0 Å². The molecule has 0 bridgehead atoms. The number of imide groups is 1. The molecule has 2 heterocycles. The Morgan fingerprint density at radius 3 is 2.84 bits per heavy atom. The maximum Gasteiger partial charge on any atom is 0.235 e. The Bertz CT molecular complexity index is 690. The lowest BCUT2D eigenvalue weighted by molar-refractivity contribution is -0.134. The molecule has 1 aliphatic heterocycles. The maximum absolute atomic E-state index is 11.9. The summed E-state index contributed by atoms with van der Waals surface area (Å²) < 4.78 is 3.04. The molecule has 0 saturated carbocycles. The van der Waals surface area contributed by atoms with Crippen molar-refractivity contribution in [2.45, 2.75) is 18.8 Å². The van der Waals surface area contributed by atoms with Gasteiger partial charge < -0.3 is 4.57 Å². The molecule has 19 heavy (non-hydrogen) atoms. The largest absolute Gasteiger partial charge is 0.347 e. The van der Waals surface area contributed by atoms with Gasteiger partial charge in [0.05, 0.1) is 5.92 Å². The Morgan fingerprint density at radius 2 is 2.11 bits per heavy atom. The van der Waals surface area contributed by atoms with Crippen LogP contribution < -0.4 is 5.32 Å². The predicted molar refractivity (Wildman–Crippen MR) is 75.7 cm³/mol. The highest BCUT2D eigenvalue weighted by Gasteiger charge is 2.30. The van der Waals surface area contributed by atoms with Crippen LogP contribution in [0.5, 0.6) is 0 Å². The van der Waals surface area contributed by atoms with Crippen molar-refractivity contribution in [2.75, 3.05) is 0 Å². The molecule has 0 spiro atoms. The molecule has 2 amide bonds. The predicted octanol–water partition coefficient (Wildman–Crippen LogP) is 2.46. The number of fused-ring (bicyclic) bond motifs is 1. The Labute approximate surface area is 118 Å². The third kappa shape index (κ3) is 2.08. The van der Waals surface area contributed by atoms with Crippen LogP contribution in [0.15, 0.2) is 28.7 Å². The van der Waals surface area contributed by atoms with Gasteiger partial charge in [-0.1, -0.05) is 22.0 Å². The van der Waals surface area contributed by atoms with Gasteiger partial charge in [0.1, 0.15) is 0 Å². The number of carbonyl (C=O) groups excluding carboxylic acids is 2. The Balaban J connectivity index is 2.08. The zero-order chi connectivity index (χ0) is 13.6. The first-order chi connectivity index (χ1) is 9.06. The number of halogens is 1. The van der Waals surface area contributed by atoms with Crippen LogP contribution in [-0.2, 0) is 16.6 Å². The number of carbonyl (C=O) groups is 2. The van der Waals surface area contributed by atoms with Gasteiger partial charge in [-0.2, -0.15) is 0 Å². The zero-order valence-electron chi connectivity index (χ0n) is 10.4. The van der Waals surface area contributed by atoms with Crippen LogP contribution in [0, 0.1) is 0 Å². The fourth-order valence-electron chi connectivity index (χ4n) is 2.63. The van der Waals surface area contributed by atoms with E-state index in [-0.39, 0.29) is 17.7 Å². The van der Waals surface area contributed by atoms with Crippen LogP contribution >= 0.6 is 15.9 Å². The minimum Gasteiger partial charge on any atom is -0.347 e. The second-order valence-electron chi connectivity index (χ2n) is 4.84. The summed E-state index contributed by atoms with van der Waals surface area (Å²) in [5.41, 5.74) is 2.03. The molecule has 5 heteroatoms. The number of amides is 2. The topological polar surface area (TPSA) is 51.1 Å². The third-order valence-electron chi connectivity index (χ3n) is 3.64. The first-order valence-electron chi connectivity index (χ1n) is 6.15. The number of aryl methyl sites for hydroxylation is 1. The standard InChI is InChI=1S/C14H13BrN2O2/c1-17-11-7-9(15)3-2-8(11)6-12(17)10-4-5-13(18)16-14(10)19/h2-3,6-7,10H,4-5H2,1H3,(H,16,18,19). The molecular formula is C14H13BrN2O2. The summed E-state index contributed by atoms with van der Waals surface area (Å²) in [5.74, 6) is -0.613. The first kappa shape index (κ1) is 12.4. The van der Waals surface area contributed by atoms with Crippen molar-refractivity contribution in [1.82, 2.24) is 9.88 Å². The van der Waals surface area contributed by atoms with Gasteiger partial charge in [0, 0.05) is 29.2 Å². The summed E-state index contributed by atoms with van der Waals surface area (Å²) >= 11 is 3.45. The summed E-state index contributed by atoms with van der Waals surface area (Å²) in [6.45, 7) is 0. The number of nitrogens with one attached hydrogen (secondary N) is 1. The summed E-state index contributed by atoms with van der Waals surface area (Å²) in [7, 11) is 1.95. The molecule has 0 aliphatic carbocycles. The Hall–Kier alpha value is -1.62. The second-order valence-corrected chi connectivity index (χ2v) is 5.75. The number of aromatic nitrogens is 1. The SMILES string of the molecule is Cn1c(C2CCC(=O)NC2=O)cc2ccc(Br)cc21. The van der Waals surface area contributed by atoms with E-state index in [1.165, 1.54) is 0 Å². The van der Waals surface area contributed by atoms with Crippen molar-refractivity contribution in [3.8, 4) is 0 Å². The highest BCUT2D eigenvalue weighted by atomic mass is 79.9. The van der Waals surface area contributed by atoms with Crippen LogP contribution in [0.4, 0.5) is 0 Å². The summed E-state index contributed by atoms with van der Waals surface area (Å²) in [6.07, 6.45) is 0.984. The average molecular weight is 321 g/mol. The van der Waals surface area contributed by atoms with E-state index in [2.05, 4.69) is 21.2 Å². The molecule has 1 aliphatic rings. The molecule has 1 N–H and O–H groups in total. The number of hydrogen-bond acceptors (Lipinski definition) is 2. The van der Waals surface area contributed by atoms with Crippen molar-refractivity contribution in [1.29, 1.82) is 0 Å². The lowest BCUT2D eigenvalue weighted by Crippen LogP contribution is -2.40. The third-order valence-corrected chi connectivity index (χ3v) is 4.13. The van der Waals surface area contributed by atoms with Crippen molar-refractivity contribution in [3.63, 3.8) is 0 Å². The van der Waals surface area contributed by atoms with Gasteiger partial charge in [-0.3, -0.25) is 14.9 Å². The lowest BCUT2D eigenvalue weighted by atomic mass is 9.94. The van der Waals surface area contributed by atoms with Crippen LogP contribution in [0.25, 0.3) is 10.9 Å². The number of piperidine rings is 1. The molecule has 1 fully saturated rings. The number of rotatable bonds is 1. The van der Waals surface area contributed by atoms with E-state index in [1.54, 1.807) is 0 Å². The van der Waals surface area contributed by atoms with Crippen molar-refractivity contribution in [3.05, 3.63) is 34.4 Å². The van der Waals surface area contributed by atoms with Gasteiger partial charge in [-0.15, -0.1) is 0 Å². The molecule has 1 aromatic carbocycles. The molecule has 1 aromatic heterocycles. The number of nitrogens with zero attached hydrogens (tertiary/aromatic N) is 1. The Morgan fingerprint density at radius 1 is 1.32 bits per heavy atom. The van der Waals surface area contributed by atoms with E-state index in [9.17, 15) is 9.59 Å². The molecule has 1 atom stereocenters. The van der Waals surface area contributed by atoms with Crippen LogP contribution in [0.1, 0.15) is 24.5 Å². The first-order valence-corrected chi connectivity index (χ1v) is 6.94. The molecule has 1 saturated heterocycles. The minimum atomic E-state index is -0.242. The molecule has 1 unspecified atom stereocenters. The molecular weight excluding hydrogens is 308 g/mol.